The Hall–Kier alpha value is -2.48. The lowest BCUT2D eigenvalue weighted by Crippen LogP contribution is -2.39. The molecule has 0 bridgehead atoms. The van der Waals surface area contributed by atoms with Gasteiger partial charge in [0.05, 0.1) is 22.6 Å². The van der Waals surface area contributed by atoms with Crippen molar-refractivity contribution in [1.29, 1.82) is 0 Å². The van der Waals surface area contributed by atoms with Crippen LogP contribution in [0.4, 0.5) is 4.39 Å². The first-order valence-corrected chi connectivity index (χ1v) is 9.70. The van der Waals surface area contributed by atoms with Crippen LogP contribution < -0.4 is 0 Å². The maximum Gasteiger partial charge on any atom is 0.257 e. The van der Waals surface area contributed by atoms with Crippen LogP contribution in [-0.4, -0.2) is 43.5 Å². The molecule has 1 aromatic carbocycles. The number of amides is 1. The van der Waals surface area contributed by atoms with Crippen LogP contribution in [0.15, 0.2) is 35.7 Å². The van der Waals surface area contributed by atoms with Crippen LogP contribution in [-0.2, 0) is 0 Å². The molecule has 0 radical (unpaired) electrons. The summed E-state index contributed by atoms with van der Waals surface area (Å²) >= 11 is 1.43. The summed E-state index contributed by atoms with van der Waals surface area (Å²) < 4.78 is 13.4. The van der Waals surface area contributed by atoms with Gasteiger partial charge in [0.25, 0.3) is 5.91 Å². The molecular formula is C18H18FN5OS. The summed E-state index contributed by atoms with van der Waals surface area (Å²) in [6.07, 6.45) is 7.81. The highest BCUT2D eigenvalue weighted by Gasteiger charge is 2.31. The molecule has 0 aliphatic carbocycles. The molecule has 1 aliphatic rings. The fourth-order valence-corrected chi connectivity index (χ4v) is 3.63. The number of likely N-dealkylation sites (tertiary alicyclic amines) is 1. The third-order valence-corrected chi connectivity index (χ3v) is 5.18. The molecule has 6 nitrogen and oxygen atoms in total. The maximum absolute atomic E-state index is 13.4. The first kappa shape index (κ1) is 17.0. The van der Waals surface area contributed by atoms with Crippen LogP contribution in [0.3, 0.4) is 0 Å². The average Bonchev–Trinajstić information content (AvgIpc) is 3.10. The molecule has 3 aromatic rings. The Balaban J connectivity index is 1.65. The van der Waals surface area contributed by atoms with E-state index in [4.69, 9.17) is 0 Å². The monoisotopic (exact) mass is 371 g/mol. The van der Waals surface area contributed by atoms with Crippen molar-refractivity contribution in [3.8, 4) is 0 Å². The number of hydrogen-bond acceptors (Lipinski definition) is 5. The number of thioether (sulfide) groups is 1. The Kier molecular flexibility index (Phi) is 4.58. The van der Waals surface area contributed by atoms with Crippen molar-refractivity contribution < 1.29 is 9.18 Å². The van der Waals surface area contributed by atoms with E-state index in [1.54, 1.807) is 18.5 Å². The SMILES string of the molecule is CSc1ncc(C(=O)N2CCCC[C@@H]2c2nc3ccc(F)cc3[nH]2)cn1. The van der Waals surface area contributed by atoms with E-state index in [1.165, 1.54) is 23.9 Å². The summed E-state index contributed by atoms with van der Waals surface area (Å²) in [4.78, 5) is 31.0. The predicted octanol–water partition coefficient (Wildman–Crippen LogP) is 3.58. The Morgan fingerprint density at radius 2 is 2.12 bits per heavy atom. The highest BCUT2D eigenvalue weighted by atomic mass is 32.2. The molecule has 1 atom stereocenters. The van der Waals surface area contributed by atoms with Crippen molar-refractivity contribution in [2.24, 2.45) is 0 Å². The van der Waals surface area contributed by atoms with Gasteiger partial charge in [-0.15, -0.1) is 0 Å². The minimum absolute atomic E-state index is 0.103. The van der Waals surface area contributed by atoms with Gasteiger partial charge in [0, 0.05) is 18.9 Å². The van der Waals surface area contributed by atoms with Crippen molar-refractivity contribution in [3.05, 3.63) is 47.8 Å². The molecule has 0 unspecified atom stereocenters. The Bertz CT molecular complexity index is 942. The number of rotatable bonds is 3. The predicted molar refractivity (Wildman–Crippen MR) is 97.5 cm³/mol. The fourth-order valence-electron chi connectivity index (χ4n) is 3.32. The number of carbonyl (C=O) groups excluding carboxylic acids is 1. The van der Waals surface area contributed by atoms with Gasteiger partial charge in [-0.2, -0.15) is 0 Å². The molecule has 4 rings (SSSR count). The molecule has 134 valence electrons. The van der Waals surface area contributed by atoms with Gasteiger partial charge in [0.2, 0.25) is 0 Å². The van der Waals surface area contributed by atoms with Crippen molar-refractivity contribution in [2.45, 2.75) is 30.5 Å². The summed E-state index contributed by atoms with van der Waals surface area (Å²) in [6.45, 7) is 0.652. The number of nitrogens with one attached hydrogen (secondary N) is 1. The number of nitrogens with zero attached hydrogens (tertiary/aromatic N) is 4. The molecule has 1 saturated heterocycles. The number of H-pyrrole nitrogens is 1. The van der Waals surface area contributed by atoms with E-state index >= 15 is 0 Å². The van der Waals surface area contributed by atoms with Gasteiger partial charge in [-0.3, -0.25) is 4.79 Å². The highest BCUT2D eigenvalue weighted by Crippen LogP contribution is 2.31. The topological polar surface area (TPSA) is 74.8 Å². The van der Waals surface area contributed by atoms with Gasteiger partial charge in [-0.1, -0.05) is 11.8 Å². The lowest BCUT2D eigenvalue weighted by Gasteiger charge is -2.34. The van der Waals surface area contributed by atoms with E-state index in [1.807, 2.05) is 11.2 Å². The van der Waals surface area contributed by atoms with Crippen LogP contribution in [0.5, 0.6) is 0 Å². The van der Waals surface area contributed by atoms with Gasteiger partial charge in [-0.25, -0.2) is 19.3 Å². The van der Waals surface area contributed by atoms with E-state index in [9.17, 15) is 9.18 Å². The third kappa shape index (κ3) is 3.16. The normalized spacial score (nSPS) is 17.6. The maximum atomic E-state index is 13.4. The van der Waals surface area contributed by atoms with E-state index in [0.717, 1.165) is 19.3 Å². The molecule has 1 amide bonds. The van der Waals surface area contributed by atoms with E-state index in [2.05, 4.69) is 19.9 Å². The Morgan fingerprint density at radius 3 is 2.88 bits per heavy atom. The zero-order chi connectivity index (χ0) is 18.1. The van der Waals surface area contributed by atoms with Gasteiger partial charge in [0.1, 0.15) is 11.6 Å². The largest absolute Gasteiger partial charge is 0.340 e. The number of piperidine rings is 1. The molecule has 2 aromatic heterocycles. The molecule has 0 saturated carbocycles. The minimum atomic E-state index is -0.310. The number of fused-ring (bicyclic) bond motifs is 1. The molecule has 26 heavy (non-hydrogen) atoms. The molecule has 3 heterocycles. The third-order valence-electron chi connectivity index (χ3n) is 4.60. The van der Waals surface area contributed by atoms with Gasteiger partial charge < -0.3 is 9.88 Å². The molecule has 1 fully saturated rings. The number of aromatic amines is 1. The summed E-state index contributed by atoms with van der Waals surface area (Å²) in [5.41, 5.74) is 1.81. The molecular weight excluding hydrogens is 353 g/mol. The molecule has 1 N–H and O–H groups in total. The van der Waals surface area contributed by atoms with Crippen molar-refractivity contribution in [3.63, 3.8) is 0 Å². The first-order valence-electron chi connectivity index (χ1n) is 8.48. The number of imidazole rings is 1. The minimum Gasteiger partial charge on any atom is -0.340 e. The van der Waals surface area contributed by atoms with E-state index in [0.29, 0.717) is 34.1 Å². The number of hydrogen-bond donors (Lipinski definition) is 1. The van der Waals surface area contributed by atoms with Gasteiger partial charge in [-0.05, 0) is 43.7 Å². The van der Waals surface area contributed by atoms with E-state index < -0.39 is 0 Å². The van der Waals surface area contributed by atoms with Crippen LogP contribution in [0.2, 0.25) is 0 Å². The zero-order valence-electron chi connectivity index (χ0n) is 14.3. The standard InChI is InChI=1S/C18H18FN5OS/c1-26-18-20-9-11(10-21-18)17(25)24-7-3-2-4-15(24)16-22-13-6-5-12(19)8-14(13)23-16/h5-6,8-10,15H,2-4,7H2,1H3,(H,22,23)/t15-/m1/s1. The number of benzene rings is 1. The quantitative estimate of drug-likeness (QED) is 0.563. The summed E-state index contributed by atoms with van der Waals surface area (Å²) in [5, 5.41) is 0.635. The molecule has 1 aliphatic heterocycles. The number of halogens is 1. The lowest BCUT2D eigenvalue weighted by atomic mass is 10.0. The number of carbonyl (C=O) groups is 1. The molecule has 0 spiro atoms. The second-order valence-corrected chi connectivity index (χ2v) is 7.03. The van der Waals surface area contributed by atoms with Crippen molar-refractivity contribution >= 4 is 28.7 Å². The smallest absolute Gasteiger partial charge is 0.257 e. The second kappa shape index (κ2) is 7.03. The second-order valence-electron chi connectivity index (χ2n) is 6.25. The lowest BCUT2D eigenvalue weighted by molar-refractivity contribution is 0.0600. The Morgan fingerprint density at radius 1 is 1.31 bits per heavy atom. The van der Waals surface area contributed by atoms with E-state index in [-0.39, 0.29) is 17.8 Å². The zero-order valence-corrected chi connectivity index (χ0v) is 15.1. The van der Waals surface area contributed by atoms with Gasteiger partial charge >= 0.3 is 0 Å². The fraction of sp³-hybridized carbons (Fsp3) is 0.333. The first-order chi connectivity index (χ1) is 12.7. The van der Waals surface area contributed by atoms with Crippen LogP contribution in [0.1, 0.15) is 41.5 Å². The average molecular weight is 371 g/mol. The number of aromatic nitrogens is 4. The summed E-state index contributed by atoms with van der Waals surface area (Å²) in [5.74, 6) is 0.282. The Labute approximate surface area is 154 Å². The van der Waals surface area contributed by atoms with Crippen LogP contribution in [0.25, 0.3) is 11.0 Å². The summed E-state index contributed by atoms with van der Waals surface area (Å²) in [7, 11) is 0. The van der Waals surface area contributed by atoms with Crippen molar-refractivity contribution in [1.82, 2.24) is 24.8 Å². The summed E-state index contributed by atoms with van der Waals surface area (Å²) in [6, 6.07) is 4.30. The van der Waals surface area contributed by atoms with Crippen LogP contribution in [0, 0.1) is 5.82 Å². The van der Waals surface area contributed by atoms with Crippen molar-refractivity contribution in [2.75, 3.05) is 12.8 Å². The highest BCUT2D eigenvalue weighted by molar-refractivity contribution is 7.98. The molecule has 8 heteroatoms. The van der Waals surface area contributed by atoms with Gasteiger partial charge in [0.15, 0.2) is 5.16 Å². The van der Waals surface area contributed by atoms with Crippen LogP contribution >= 0.6 is 11.8 Å².